The minimum absolute atomic E-state index is 0.0392. The molecule has 1 aromatic rings. The largest absolute Gasteiger partial charge is 0.396 e. The Hall–Kier alpha value is -1.62. The summed E-state index contributed by atoms with van der Waals surface area (Å²) in [6, 6.07) is 6.64. The SMILES string of the molecule is O=C(NCC1(c2ccccc2F)CC1)NC1CCCCC1CO. The van der Waals surface area contributed by atoms with Crippen LogP contribution in [0.2, 0.25) is 0 Å². The molecule has 2 fully saturated rings. The Morgan fingerprint density at radius 1 is 1.26 bits per heavy atom. The molecule has 0 heterocycles. The molecule has 0 aromatic heterocycles. The monoisotopic (exact) mass is 320 g/mol. The van der Waals surface area contributed by atoms with Gasteiger partial charge in [-0.2, -0.15) is 0 Å². The third-order valence-electron chi connectivity index (χ3n) is 5.35. The topological polar surface area (TPSA) is 61.4 Å². The van der Waals surface area contributed by atoms with Crippen molar-refractivity contribution in [2.24, 2.45) is 5.92 Å². The van der Waals surface area contributed by atoms with E-state index in [0.717, 1.165) is 38.5 Å². The molecule has 23 heavy (non-hydrogen) atoms. The smallest absolute Gasteiger partial charge is 0.315 e. The molecule has 3 rings (SSSR count). The summed E-state index contributed by atoms with van der Waals surface area (Å²) in [6.07, 6.45) is 5.87. The fourth-order valence-electron chi connectivity index (χ4n) is 3.67. The third-order valence-corrected chi connectivity index (χ3v) is 5.35. The second-order valence-electron chi connectivity index (χ2n) is 6.92. The first-order valence-electron chi connectivity index (χ1n) is 8.55. The molecule has 2 atom stereocenters. The van der Waals surface area contributed by atoms with E-state index in [0.29, 0.717) is 12.1 Å². The van der Waals surface area contributed by atoms with Gasteiger partial charge in [0.05, 0.1) is 0 Å². The highest BCUT2D eigenvalue weighted by molar-refractivity contribution is 5.74. The van der Waals surface area contributed by atoms with Crippen molar-refractivity contribution >= 4 is 6.03 Å². The first-order chi connectivity index (χ1) is 11.1. The predicted octanol–water partition coefficient (Wildman–Crippen LogP) is 2.71. The minimum Gasteiger partial charge on any atom is -0.396 e. The Kier molecular flexibility index (Phi) is 4.85. The molecule has 2 unspecified atom stereocenters. The number of halogens is 1. The maximum absolute atomic E-state index is 14.0. The lowest BCUT2D eigenvalue weighted by molar-refractivity contribution is 0.153. The van der Waals surface area contributed by atoms with E-state index in [1.54, 1.807) is 6.07 Å². The van der Waals surface area contributed by atoms with Crippen LogP contribution in [0.15, 0.2) is 24.3 Å². The molecule has 2 amide bonds. The molecule has 2 saturated carbocycles. The van der Waals surface area contributed by atoms with E-state index in [1.165, 1.54) is 6.07 Å². The summed E-state index contributed by atoms with van der Waals surface area (Å²) >= 11 is 0. The van der Waals surface area contributed by atoms with E-state index < -0.39 is 0 Å². The van der Waals surface area contributed by atoms with Gasteiger partial charge in [-0.1, -0.05) is 31.0 Å². The van der Waals surface area contributed by atoms with Crippen LogP contribution >= 0.6 is 0 Å². The second kappa shape index (κ2) is 6.87. The summed E-state index contributed by atoms with van der Waals surface area (Å²) in [5.74, 6) is -0.0456. The zero-order valence-electron chi connectivity index (χ0n) is 13.4. The van der Waals surface area contributed by atoms with Gasteiger partial charge in [0.15, 0.2) is 0 Å². The molecule has 0 aliphatic heterocycles. The van der Waals surface area contributed by atoms with E-state index in [1.807, 2.05) is 12.1 Å². The number of aliphatic hydroxyl groups is 1. The number of nitrogens with one attached hydrogen (secondary N) is 2. The van der Waals surface area contributed by atoms with Crippen LogP contribution in [-0.2, 0) is 5.41 Å². The van der Waals surface area contributed by atoms with Crippen LogP contribution < -0.4 is 10.6 Å². The number of urea groups is 1. The highest BCUT2D eigenvalue weighted by Gasteiger charge is 2.46. The van der Waals surface area contributed by atoms with Gasteiger partial charge in [-0.3, -0.25) is 0 Å². The van der Waals surface area contributed by atoms with Crippen molar-refractivity contribution in [3.05, 3.63) is 35.6 Å². The van der Waals surface area contributed by atoms with E-state index in [4.69, 9.17) is 0 Å². The Labute approximate surface area is 136 Å². The average molecular weight is 320 g/mol. The van der Waals surface area contributed by atoms with Crippen LogP contribution in [0.25, 0.3) is 0 Å². The molecular weight excluding hydrogens is 295 g/mol. The number of carbonyl (C=O) groups excluding carboxylic acids is 1. The van der Waals surface area contributed by atoms with Crippen molar-refractivity contribution in [3.8, 4) is 0 Å². The first kappa shape index (κ1) is 16.2. The third kappa shape index (κ3) is 3.66. The number of aliphatic hydroxyl groups excluding tert-OH is 1. The second-order valence-corrected chi connectivity index (χ2v) is 6.92. The summed E-state index contributed by atoms with van der Waals surface area (Å²) in [5, 5.41) is 15.3. The Balaban J connectivity index is 1.54. The van der Waals surface area contributed by atoms with E-state index in [-0.39, 0.29) is 35.8 Å². The summed E-state index contributed by atoms with van der Waals surface area (Å²) in [7, 11) is 0. The maximum Gasteiger partial charge on any atom is 0.315 e. The standard InChI is InChI=1S/C18H25FN2O2/c19-15-7-3-2-6-14(15)18(9-10-18)12-20-17(23)21-16-8-4-1-5-13(16)11-22/h2-3,6-7,13,16,22H,1,4-5,8-12H2,(H2,20,21,23). The molecule has 3 N–H and O–H groups in total. The molecule has 0 saturated heterocycles. The summed E-state index contributed by atoms with van der Waals surface area (Å²) in [4.78, 5) is 12.2. The molecule has 5 heteroatoms. The predicted molar refractivity (Wildman–Crippen MR) is 86.7 cm³/mol. The van der Waals surface area contributed by atoms with Crippen molar-refractivity contribution in [2.75, 3.05) is 13.2 Å². The number of amides is 2. The van der Waals surface area contributed by atoms with Crippen molar-refractivity contribution in [1.82, 2.24) is 10.6 Å². The quantitative estimate of drug-likeness (QED) is 0.781. The van der Waals surface area contributed by atoms with Gasteiger partial charge in [-0.25, -0.2) is 9.18 Å². The van der Waals surface area contributed by atoms with Crippen LogP contribution in [0.4, 0.5) is 9.18 Å². The summed E-state index contributed by atoms with van der Waals surface area (Å²) in [6.45, 7) is 0.570. The van der Waals surface area contributed by atoms with Gasteiger partial charge in [-0.05, 0) is 37.3 Å². The van der Waals surface area contributed by atoms with Crippen LogP contribution in [0.5, 0.6) is 0 Å². The molecule has 1 aromatic carbocycles. The lowest BCUT2D eigenvalue weighted by atomic mass is 9.85. The van der Waals surface area contributed by atoms with Gasteiger partial charge in [0.25, 0.3) is 0 Å². The van der Waals surface area contributed by atoms with Crippen LogP contribution in [0.1, 0.15) is 44.1 Å². The molecule has 0 bridgehead atoms. The maximum atomic E-state index is 14.0. The number of carbonyl (C=O) groups is 1. The lowest BCUT2D eigenvalue weighted by Crippen LogP contribution is -2.49. The van der Waals surface area contributed by atoms with Gasteiger partial charge < -0.3 is 15.7 Å². The van der Waals surface area contributed by atoms with Crippen LogP contribution in [0.3, 0.4) is 0 Å². The van der Waals surface area contributed by atoms with Crippen molar-refractivity contribution in [3.63, 3.8) is 0 Å². The molecular formula is C18H25FN2O2. The molecule has 2 aliphatic rings. The summed E-state index contributed by atoms with van der Waals surface area (Å²) in [5.41, 5.74) is 0.456. The fraction of sp³-hybridized carbons (Fsp3) is 0.611. The van der Waals surface area contributed by atoms with Gasteiger partial charge in [-0.15, -0.1) is 0 Å². The molecule has 0 spiro atoms. The zero-order valence-corrected chi connectivity index (χ0v) is 13.4. The number of benzene rings is 1. The lowest BCUT2D eigenvalue weighted by Gasteiger charge is -2.31. The molecule has 2 aliphatic carbocycles. The normalized spacial score (nSPS) is 25.7. The Bertz CT molecular complexity index is 560. The number of hydrogen-bond acceptors (Lipinski definition) is 2. The van der Waals surface area contributed by atoms with Crippen molar-refractivity contribution in [1.29, 1.82) is 0 Å². The van der Waals surface area contributed by atoms with E-state index >= 15 is 0 Å². The van der Waals surface area contributed by atoms with Gasteiger partial charge in [0, 0.05) is 30.5 Å². The fourth-order valence-corrected chi connectivity index (χ4v) is 3.67. The molecule has 0 radical (unpaired) electrons. The van der Waals surface area contributed by atoms with E-state index in [2.05, 4.69) is 10.6 Å². The highest BCUT2D eigenvalue weighted by Crippen LogP contribution is 2.48. The Morgan fingerprint density at radius 3 is 2.70 bits per heavy atom. The Morgan fingerprint density at radius 2 is 2.00 bits per heavy atom. The average Bonchev–Trinajstić information content (AvgIpc) is 3.35. The first-order valence-corrected chi connectivity index (χ1v) is 8.55. The highest BCUT2D eigenvalue weighted by atomic mass is 19.1. The van der Waals surface area contributed by atoms with Gasteiger partial charge in [0.2, 0.25) is 0 Å². The van der Waals surface area contributed by atoms with Crippen molar-refractivity contribution in [2.45, 2.75) is 50.0 Å². The van der Waals surface area contributed by atoms with Crippen LogP contribution in [-0.4, -0.2) is 30.3 Å². The van der Waals surface area contributed by atoms with E-state index in [9.17, 15) is 14.3 Å². The molecule has 4 nitrogen and oxygen atoms in total. The number of hydrogen-bond donors (Lipinski definition) is 3. The molecule has 126 valence electrons. The summed E-state index contributed by atoms with van der Waals surface area (Å²) < 4.78 is 14.0. The number of rotatable bonds is 5. The van der Waals surface area contributed by atoms with Gasteiger partial charge >= 0.3 is 6.03 Å². The minimum atomic E-state index is -0.244. The van der Waals surface area contributed by atoms with Crippen LogP contribution in [0, 0.1) is 11.7 Å². The zero-order chi connectivity index (χ0) is 16.3. The van der Waals surface area contributed by atoms with Gasteiger partial charge in [0.1, 0.15) is 5.82 Å². The van der Waals surface area contributed by atoms with Crippen molar-refractivity contribution < 1.29 is 14.3 Å².